The normalized spacial score (nSPS) is 12.9. The first kappa shape index (κ1) is 24.1. The smallest absolute Gasteiger partial charge is 0.270 e. The average Bonchev–Trinajstić information content (AvgIpc) is 2.87. The quantitative estimate of drug-likeness (QED) is 0.254. The summed E-state index contributed by atoms with van der Waals surface area (Å²) in [6.07, 6.45) is 0.589. The number of carbonyl (C=O) groups is 2. The van der Waals surface area contributed by atoms with E-state index >= 15 is 0 Å². The molecule has 10 heteroatoms. The first-order valence-corrected chi connectivity index (χ1v) is 11.8. The largest absolute Gasteiger partial charge is 0.486 e. The second kappa shape index (κ2) is 10.9. The lowest BCUT2D eigenvalue weighted by molar-refractivity contribution is -0.384. The Morgan fingerprint density at radius 1 is 0.971 bits per heavy atom. The summed E-state index contributed by atoms with van der Waals surface area (Å²) < 4.78 is 11.1. The monoisotopic (exact) mass is 493 g/mol. The molecule has 0 radical (unpaired) electrons. The second-order valence-electron chi connectivity index (χ2n) is 7.65. The number of hydrogen-bond acceptors (Lipinski definition) is 7. The van der Waals surface area contributed by atoms with Crippen LogP contribution in [-0.2, 0) is 4.79 Å². The maximum Gasteiger partial charge on any atom is 0.270 e. The van der Waals surface area contributed by atoms with E-state index in [-0.39, 0.29) is 22.4 Å². The molecule has 3 aromatic rings. The number of rotatable bonds is 8. The Morgan fingerprint density at radius 3 is 2.49 bits per heavy atom. The van der Waals surface area contributed by atoms with E-state index in [1.165, 1.54) is 36.0 Å². The summed E-state index contributed by atoms with van der Waals surface area (Å²) in [5, 5.41) is 16.3. The van der Waals surface area contributed by atoms with Gasteiger partial charge in [0.15, 0.2) is 11.5 Å². The molecule has 1 atom stereocenters. The summed E-state index contributed by atoms with van der Waals surface area (Å²) in [6.45, 7) is 2.89. The van der Waals surface area contributed by atoms with Gasteiger partial charge in [-0.3, -0.25) is 19.7 Å². The number of benzene rings is 3. The van der Waals surface area contributed by atoms with Gasteiger partial charge in [0.2, 0.25) is 5.91 Å². The molecule has 0 bridgehead atoms. The number of nitro benzene ring substituents is 1. The van der Waals surface area contributed by atoms with E-state index in [4.69, 9.17) is 9.47 Å². The van der Waals surface area contributed by atoms with Gasteiger partial charge in [0.1, 0.15) is 13.2 Å². The SMILES string of the molecule is CCC(Sc1cccc(NC(=O)c2cccc([N+](=O)[O-])c2)c1)C(=O)Nc1ccc2c(c1)OCCO2. The molecule has 1 unspecified atom stereocenters. The highest BCUT2D eigenvalue weighted by molar-refractivity contribution is 8.00. The molecular formula is C25H23N3O6S. The van der Waals surface area contributed by atoms with Gasteiger partial charge in [-0.1, -0.05) is 19.1 Å². The molecular weight excluding hydrogens is 470 g/mol. The van der Waals surface area contributed by atoms with Crippen molar-refractivity contribution in [3.8, 4) is 11.5 Å². The Bertz CT molecular complexity index is 1270. The van der Waals surface area contributed by atoms with E-state index in [0.29, 0.717) is 42.5 Å². The van der Waals surface area contributed by atoms with Gasteiger partial charge >= 0.3 is 0 Å². The van der Waals surface area contributed by atoms with Crippen molar-refractivity contribution >= 4 is 40.6 Å². The van der Waals surface area contributed by atoms with Crippen molar-refractivity contribution in [1.82, 2.24) is 0 Å². The van der Waals surface area contributed by atoms with E-state index in [9.17, 15) is 19.7 Å². The van der Waals surface area contributed by atoms with Crippen LogP contribution in [-0.4, -0.2) is 35.2 Å². The van der Waals surface area contributed by atoms with E-state index in [0.717, 1.165) is 4.90 Å². The number of nitrogens with zero attached hydrogens (tertiary/aromatic N) is 1. The number of ether oxygens (including phenoxy) is 2. The molecule has 0 saturated heterocycles. The van der Waals surface area contributed by atoms with Crippen LogP contribution in [0.1, 0.15) is 23.7 Å². The fourth-order valence-electron chi connectivity index (χ4n) is 3.44. The van der Waals surface area contributed by atoms with Crippen LogP contribution in [0.5, 0.6) is 11.5 Å². The highest BCUT2D eigenvalue weighted by Crippen LogP contribution is 2.34. The van der Waals surface area contributed by atoms with Crippen molar-refractivity contribution < 1.29 is 24.0 Å². The van der Waals surface area contributed by atoms with Crippen molar-refractivity contribution in [1.29, 1.82) is 0 Å². The number of nitrogens with one attached hydrogen (secondary N) is 2. The fraction of sp³-hybridized carbons (Fsp3) is 0.200. The van der Waals surface area contributed by atoms with Gasteiger partial charge in [0.25, 0.3) is 11.6 Å². The van der Waals surface area contributed by atoms with Crippen LogP contribution in [0.2, 0.25) is 0 Å². The summed E-state index contributed by atoms with van der Waals surface area (Å²) >= 11 is 1.38. The van der Waals surface area contributed by atoms with Gasteiger partial charge in [-0.15, -0.1) is 11.8 Å². The number of carbonyl (C=O) groups excluding carboxylic acids is 2. The van der Waals surface area contributed by atoms with Gasteiger partial charge in [0, 0.05) is 40.0 Å². The Hall–Kier alpha value is -4.05. The van der Waals surface area contributed by atoms with Crippen LogP contribution in [0, 0.1) is 10.1 Å². The molecule has 9 nitrogen and oxygen atoms in total. The highest BCUT2D eigenvalue weighted by atomic mass is 32.2. The molecule has 0 spiro atoms. The molecule has 1 aliphatic heterocycles. The lowest BCUT2D eigenvalue weighted by Gasteiger charge is -2.20. The van der Waals surface area contributed by atoms with Gasteiger partial charge < -0.3 is 20.1 Å². The zero-order chi connectivity index (χ0) is 24.8. The zero-order valence-corrected chi connectivity index (χ0v) is 19.7. The van der Waals surface area contributed by atoms with Crippen molar-refractivity contribution in [3.05, 3.63) is 82.4 Å². The van der Waals surface area contributed by atoms with Crippen molar-refractivity contribution in [2.75, 3.05) is 23.8 Å². The minimum absolute atomic E-state index is 0.153. The van der Waals surface area contributed by atoms with Gasteiger partial charge in [-0.2, -0.15) is 0 Å². The Balaban J connectivity index is 1.41. The van der Waals surface area contributed by atoms with E-state index in [1.54, 1.807) is 36.4 Å². The number of thioether (sulfide) groups is 1. The van der Waals surface area contributed by atoms with Crippen LogP contribution < -0.4 is 20.1 Å². The van der Waals surface area contributed by atoms with Gasteiger partial charge in [0.05, 0.1) is 10.2 Å². The predicted octanol–water partition coefficient (Wildman–Crippen LogP) is 5.13. The summed E-state index contributed by atoms with van der Waals surface area (Å²) in [4.78, 5) is 36.7. The first-order chi connectivity index (χ1) is 16.9. The number of hydrogen-bond donors (Lipinski definition) is 2. The van der Waals surface area contributed by atoms with Crippen molar-refractivity contribution in [2.45, 2.75) is 23.5 Å². The van der Waals surface area contributed by atoms with Gasteiger partial charge in [-0.25, -0.2) is 0 Å². The third-order valence-electron chi connectivity index (χ3n) is 5.16. The lowest BCUT2D eigenvalue weighted by Crippen LogP contribution is -2.24. The van der Waals surface area contributed by atoms with Crippen LogP contribution in [0.15, 0.2) is 71.6 Å². The molecule has 0 saturated carbocycles. The van der Waals surface area contributed by atoms with Crippen molar-refractivity contribution in [2.24, 2.45) is 0 Å². The lowest BCUT2D eigenvalue weighted by atomic mass is 10.2. The number of non-ortho nitro benzene ring substituents is 1. The van der Waals surface area contributed by atoms with Crippen LogP contribution in [0.4, 0.5) is 17.1 Å². The minimum Gasteiger partial charge on any atom is -0.486 e. The topological polar surface area (TPSA) is 120 Å². The minimum atomic E-state index is -0.547. The van der Waals surface area contributed by atoms with E-state index < -0.39 is 10.8 Å². The summed E-state index contributed by atoms with van der Waals surface area (Å²) in [5.41, 5.74) is 1.17. The molecule has 3 aromatic carbocycles. The Kier molecular flexibility index (Phi) is 7.51. The van der Waals surface area contributed by atoms with Gasteiger partial charge in [-0.05, 0) is 42.8 Å². The van der Waals surface area contributed by atoms with Crippen LogP contribution in [0.3, 0.4) is 0 Å². The maximum absolute atomic E-state index is 12.9. The molecule has 0 aliphatic carbocycles. The summed E-state index contributed by atoms with van der Waals surface area (Å²) in [6, 6.07) is 17.9. The van der Waals surface area contributed by atoms with E-state index in [1.807, 2.05) is 13.0 Å². The molecule has 0 aromatic heterocycles. The first-order valence-electron chi connectivity index (χ1n) is 11.0. The molecule has 35 heavy (non-hydrogen) atoms. The summed E-state index contributed by atoms with van der Waals surface area (Å²) in [5.74, 6) is 0.640. The van der Waals surface area contributed by atoms with E-state index in [2.05, 4.69) is 10.6 Å². The third-order valence-corrected chi connectivity index (χ3v) is 6.52. The Labute approximate surface area is 206 Å². The molecule has 0 fully saturated rings. The maximum atomic E-state index is 12.9. The molecule has 180 valence electrons. The number of amides is 2. The summed E-state index contributed by atoms with van der Waals surface area (Å²) in [7, 11) is 0. The standard InChI is InChI=1S/C25H23N3O6S/c1-2-23(25(30)27-18-9-10-21-22(15-18)34-12-11-33-21)35-20-8-4-6-17(14-20)26-24(29)16-5-3-7-19(13-16)28(31)32/h3-10,13-15,23H,2,11-12H2,1H3,(H,26,29)(H,27,30). The number of fused-ring (bicyclic) bond motifs is 1. The highest BCUT2D eigenvalue weighted by Gasteiger charge is 2.20. The van der Waals surface area contributed by atoms with Crippen molar-refractivity contribution in [3.63, 3.8) is 0 Å². The third kappa shape index (κ3) is 6.10. The number of anilines is 2. The van der Waals surface area contributed by atoms with Crippen LogP contribution in [0.25, 0.3) is 0 Å². The fourth-order valence-corrected chi connectivity index (χ4v) is 4.45. The molecule has 1 aliphatic rings. The molecule has 4 rings (SSSR count). The zero-order valence-electron chi connectivity index (χ0n) is 18.9. The molecule has 1 heterocycles. The molecule has 2 amide bonds. The predicted molar refractivity (Wildman–Crippen MR) is 133 cm³/mol. The average molecular weight is 494 g/mol. The Morgan fingerprint density at radius 2 is 1.71 bits per heavy atom. The molecule has 2 N–H and O–H groups in total. The van der Waals surface area contributed by atoms with Crippen LogP contribution >= 0.6 is 11.8 Å². The second-order valence-corrected chi connectivity index (χ2v) is 8.93. The number of nitro groups is 1.